The molecule has 84 valence electrons. The largest absolute Gasteiger partial charge is 0.394 e. The summed E-state index contributed by atoms with van der Waals surface area (Å²) in [6.07, 6.45) is 0.242. The van der Waals surface area contributed by atoms with E-state index in [0.29, 0.717) is 5.76 Å². The second-order valence-electron chi connectivity index (χ2n) is 3.63. The van der Waals surface area contributed by atoms with Crippen LogP contribution in [0.4, 0.5) is 0 Å². The average Bonchev–Trinajstić information content (AvgIpc) is 2.49. The Balaban J connectivity index is 2.59. The van der Waals surface area contributed by atoms with Crippen LogP contribution in [0.5, 0.6) is 0 Å². The topological polar surface area (TPSA) is 75.4 Å². The number of hydrogen-bond donors (Lipinski definition) is 2. The third-order valence-corrected chi connectivity index (χ3v) is 2.20. The van der Waals surface area contributed by atoms with Gasteiger partial charge in [0.25, 0.3) is 0 Å². The molecular formula is C10H16N2O3. The number of nitrogens with zero attached hydrogens (tertiary/aromatic N) is 1. The fourth-order valence-electron chi connectivity index (χ4n) is 1.29. The van der Waals surface area contributed by atoms with E-state index in [1.165, 1.54) is 0 Å². The van der Waals surface area contributed by atoms with Crippen LogP contribution in [0, 0.1) is 13.8 Å². The number of hydrogen-bond acceptors (Lipinski definition) is 4. The molecule has 0 aliphatic carbocycles. The highest BCUT2D eigenvalue weighted by Crippen LogP contribution is 2.12. The molecule has 1 heterocycles. The maximum absolute atomic E-state index is 11.5. The molecule has 0 saturated heterocycles. The summed E-state index contributed by atoms with van der Waals surface area (Å²) in [6, 6.07) is -0.224. The molecule has 1 unspecified atom stereocenters. The van der Waals surface area contributed by atoms with Gasteiger partial charge in [0.15, 0.2) is 0 Å². The smallest absolute Gasteiger partial charge is 0.224 e. The molecule has 1 rings (SSSR count). The Morgan fingerprint density at radius 1 is 1.60 bits per heavy atom. The zero-order valence-electron chi connectivity index (χ0n) is 9.20. The molecule has 0 aromatic carbocycles. The van der Waals surface area contributed by atoms with E-state index >= 15 is 0 Å². The van der Waals surface area contributed by atoms with E-state index in [1.54, 1.807) is 20.8 Å². The summed E-state index contributed by atoms with van der Waals surface area (Å²) >= 11 is 0. The summed E-state index contributed by atoms with van der Waals surface area (Å²) < 4.78 is 4.95. The van der Waals surface area contributed by atoms with E-state index in [9.17, 15) is 4.79 Å². The summed E-state index contributed by atoms with van der Waals surface area (Å²) in [5, 5.41) is 15.2. The molecule has 5 nitrogen and oxygen atoms in total. The van der Waals surface area contributed by atoms with Gasteiger partial charge in [-0.05, 0) is 20.8 Å². The first kappa shape index (κ1) is 11.7. The molecule has 2 N–H and O–H groups in total. The van der Waals surface area contributed by atoms with Gasteiger partial charge in [0, 0.05) is 11.6 Å². The minimum Gasteiger partial charge on any atom is -0.394 e. The number of carbonyl (C=O) groups is 1. The Kier molecular flexibility index (Phi) is 3.85. The van der Waals surface area contributed by atoms with Gasteiger partial charge < -0.3 is 14.9 Å². The average molecular weight is 212 g/mol. The number of aryl methyl sites for hydroxylation is 2. The molecular weight excluding hydrogens is 196 g/mol. The van der Waals surface area contributed by atoms with Gasteiger partial charge in [0.05, 0.1) is 18.7 Å². The highest BCUT2D eigenvalue weighted by atomic mass is 16.5. The van der Waals surface area contributed by atoms with Gasteiger partial charge in [-0.25, -0.2) is 0 Å². The Morgan fingerprint density at radius 2 is 2.27 bits per heavy atom. The number of amides is 1. The first-order valence-corrected chi connectivity index (χ1v) is 4.86. The lowest BCUT2D eigenvalue weighted by atomic mass is 10.1. The summed E-state index contributed by atoms with van der Waals surface area (Å²) in [5.41, 5.74) is 1.55. The number of rotatable bonds is 4. The molecule has 0 aliphatic rings. The molecule has 1 aromatic rings. The quantitative estimate of drug-likeness (QED) is 0.754. The molecule has 0 bridgehead atoms. The maximum atomic E-state index is 11.5. The van der Waals surface area contributed by atoms with Crippen molar-refractivity contribution in [3.63, 3.8) is 0 Å². The van der Waals surface area contributed by atoms with E-state index in [-0.39, 0.29) is 25.0 Å². The number of aliphatic hydroxyl groups excluding tert-OH is 1. The monoisotopic (exact) mass is 212 g/mol. The van der Waals surface area contributed by atoms with E-state index in [1.807, 2.05) is 0 Å². The second-order valence-corrected chi connectivity index (χ2v) is 3.63. The minimum absolute atomic E-state index is 0.0622. The highest BCUT2D eigenvalue weighted by molar-refractivity contribution is 5.79. The van der Waals surface area contributed by atoms with E-state index in [2.05, 4.69) is 10.5 Å². The van der Waals surface area contributed by atoms with Crippen molar-refractivity contribution >= 4 is 5.91 Å². The first-order valence-electron chi connectivity index (χ1n) is 4.86. The third-order valence-electron chi connectivity index (χ3n) is 2.20. The summed E-state index contributed by atoms with van der Waals surface area (Å²) in [7, 11) is 0. The van der Waals surface area contributed by atoms with Crippen LogP contribution >= 0.6 is 0 Å². The molecule has 0 fully saturated rings. The number of carbonyl (C=O) groups excluding carboxylic acids is 1. The SMILES string of the molecule is Cc1noc(C)c1CC(=O)NC(C)CO. The van der Waals surface area contributed by atoms with Crippen LogP contribution in [0.15, 0.2) is 4.52 Å². The van der Waals surface area contributed by atoms with Crippen LogP contribution in [-0.4, -0.2) is 28.8 Å². The van der Waals surface area contributed by atoms with Gasteiger partial charge in [-0.2, -0.15) is 0 Å². The van der Waals surface area contributed by atoms with Gasteiger partial charge in [0.2, 0.25) is 5.91 Å². The van der Waals surface area contributed by atoms with Crippen LogP contribution in [0.1, 0.15) is 23.9 Å². The van der Waals surface area contributed by atoms with Crippen molar-refractivity contribution in [1.29, 1.82) is 0 Å². The van der Waals surface area contributed by atoms with Crippen LogP contribution in [0.2, 0.25) is 0 Å². The molecule has 1 atom stereocenters. The first-order chi connectivity index (χ1) is 7.04. The highest BCUT2D eigenvalue weighted by Gasteiger charge is 2.14. The minimum atomic E-state index is -0.224. The van der Waals surface area contributed by atoms with Crippen molar-refractivity contribution in [3.05, 3.63) is 17.0 Å². The molecule has 5 heteroatoms. The predicted molar refractivity (Wildman–Crippen MR) is 54.4 cm³/mol. The summed E-state index contributed by atoms with van der Waals surface area (Å²) in [5.74, 6) is 0.533. The summed E-state index contributed by atoms with van der Waals surface area (Å²) in [6.45, 7) is 5.26. The number of aliphatic hydroxyl groups is 1. The van der Waals surface area contributed by atoms with E-state index < -0.39 is 0 Å². The zero-order chi connectivity index (χ0) is 11.4. The molecule has 0 aliphatic heterocycles. The van der Waals surface area contributed by atoms with Crippen molar-refractivity contribution < 1.29 is 14.4 Å². The summed E-state index contributed by atoms with van der Waals surface area (Å²) in [4.78, 5) is 11.5. The Bertz CT molecular complexity index is 327. The van der Waals surface area contributed by atoms with Crippen LogP contribution in [0.25, 0.3) is 0 Å². The van der Waals surface area contributed by atoms with Crippen molar-refractivity contribution in [2.75, 3.05) is 6.61 Å². The lowest BCUT2D eigenvalue weighted by Crippen LogP contribution is -2.36. The van der Waals surface area contributed by atoms with Gasteiger partial charge in [-0.3, -0.25) is 4.79 Å². The Hall–Kier alpha value is -1.36. The molecule has 15 heavy (non-hydrogen) atoms. The Morgan fingerprint density at radius 3 is 2.73 bits per heavy atom. The molecule has 1 amide bonds. The van der Waals surface area contributed by atoms with Crippen LogP contribution < -0.4 is 5.32 Å². The number of nitrogens with one attached hydrogen (secondary N) is 1. The Labute approximate surface area is 88.5 Å². The van der Waals surface area contributed by atoms with Crippen molar-refractivity contribution in [2.24, 2.45) is 0 Å². The zero-order valence-corrected chi connectivity index (χ0v) is 9.20. The fourth-order valence-corrected chi connectivity index (χ4v) is 1.29. The lowest BCUT2D eigenvalue weighted by Gasteiger charge is -2.10. The standard InChI is InChI=1S/C10H16N2O3/c1-6(5-13)11-10(14)4-9-7(2)12-15-8(9)3/h6,13H,4-5H2,1-3H3,(H,11,14). The lowest BCUT2D eigenvalue weighted by molar-refractivity contribution is -0.121. The molecule has 0 spiro atoms. The normalized spacial score (nSPS) is 12.5. The van der Waals surface area contributed by atoms with Gasteiger partial charge >= 0.3 is 0 Å². The van der Waals surface area contributed by atoms with Gasteiger partial charge in [-0.1, -0.05) is 5.16 Å². The predicted octanol–water partition coefficient (Wildman–Crippen LogP) is 0.331. The van der Waals surface area contributed by atoms with Crippen molar-refractivity contribution in [1.82, 2.24) is 10.5 Å². The number of aromatic nitrogens is 1. The maximum Gasteiger partial charge on any atom is 0.224 e. The van der Waals surface area contributed by atoms with Crippen molar-refractivity contribution in [3.8, 4) is 0 Å². The van der Waals surface area contributed by atoms with Crippen LogP contribution in [-0.2, 0) is 11.2 Å². The fraction of sp³-hybridized carbons (Fsp3) is 0.600. The third kappa shape index (κ3) is 3.06. The molecule has 0 saturated carbocycles. The van der Waals surface area contributed by atoms with E-state index in [0.717, 1.165) is 11.3 Å². The second kappa shape index (κ2) is 4.93. The van der Waals surface area contributed by atoms with Crippen LogP contribution in [0.3, 0.4) is 0 Å². The molecule has 1 aromatic heterocycles. The van der Waals surface area contributed by atoms with Crippen molar-refractivity contribution in [2.45, 2.75) is 33.2 Å². The van der Waals surface area contributed by atoms with E-state index in [4.69, 9.17) is 9.63 Å². The van der Waals surface area contributed by atoms with Gasteiger partial charge in [-0.15, -0.1) is 0 Å². The van der Waals surface area contributed by atoms with Gasteiger partial charge in [0.1, 0.15) is 5.76 Å². The molecule has 0 radical (unpaired) electrons.